The van der Waals surface area contributed by atoms with Gasteiger partial charge < -0.3 is 15.3 Å². The van der Waals surface area contributed by atoms with Crippen LogP contribution in [0, 0.1) is 0 Å². The highest BCUT2D eigenvalue weighted by molar-refractivity contribution is 5.91. The van der Waals surface area contributed by atoms with Crippen molar-refractivity contribution < 1.29 is 14.7 Å². The third-order valence-corrected chi connectivity index (χ3v) is 3.99. The van der Waals surface area contributed by atoms with E-state index in [9.17, 15) is 9.59 Å². The van der Waals surface area contributed by atoms with Gasteiger partial charge in [-0.05, 0) is 23.3 Å². The lowest BCUT2D eigenvalue weighted by molar-refractivity contribution is -0.133. The van der Waals surface area contributed by atoms with Gasteiger partial charge >= 0.3 is 0 Å². The summed E-state index contributed by atoms with van der Waals surface area (Å²) in [7, 11) is 1.61. The molecule has 0 aromatic heterocycles. The zero-order valence-corrected chi connectivity index (χ0v) is 13.5. The molecule has 2 aromatic rings. The lowest BCUT2D eigenvalue weighted by atomic mass is 10.0. The summed E-state index contributed by atoms with van der Waals surface area (Å²) in [5.41, 5.74) is 0.935. The molecule has 2 amide bonds. The van der Waals surface area contributed by atoms with Crippen LogP contribution in [0.5, 0.6) is 0 Å². The van der Waals surface area contributed by atoms with Gasteiger partial charge in [0, 0.05) is 7.05 Å². The monoisotopic (exact) mass is 314 g/mol. The standard InChI is InChI=1S/C18H22N2O3/c1-13(12-21)20(2)18(23)11-19-17(22)10-15-8-5-7-14-6-3-4-9-16(14)15/h3-9,13,21H,10-12H2,1-2H3,(H,19,22). The molecule has 0 aliphatic heterocycles. The van der Waals surface area contributed by atoms with Crippen molar-refractivity contribution in [3.05, 3.63) is 48.0 Å². The second-order valence-electron chi connectivity index (χ2n) is 5.63. The fourth-order valence-electron chi connectivity index (χ4n) is 2.35. The van der Waals surface area contributed by atoms with Crippen LogP contribution in [0.4, 0.5) is 0 Å². The van der Waals surface area contributed by atoms with Crippen LogP contribution < -0.4 is 5.32 Å². The van der Waals surface area contributed by atoms with E-state index in [0.29, 0.717) is 0 Å². The topological polar surface area (TPSA) is 69.6 Å². The molecule has 0 saturated carbocycles. The summed E-state index contributed by atoms with van der Waals surface area (Å²) in [5.74, 6) is -0.419. The maximum atomic E-state index is 12.1. The first-order valence-electron chi connectivity index (χ1n) is 7.62. The minimum Gasteiger partial charge on any atom is -0.394 e. The SMILES string of the molecule is CC(CO)N(C)C(=O)CNC(=O)Cc1cccc2ccccc12. The maximum Gasteiger partial charge on any atom is 0.242 e. The van der Waals surface area contributed by atoms with E-state index in [0.717, 1.165) is 16.3 Å². The Morgan fingerprint density at radius 3 is 2.61 bits per heavy atom. The molecule has 2 N–H and O–H groups in total. The number of benzene rings is 2. The number of hydrogen-bond acceptors (Lipinski definition) is 3. The Morgan fingerprint density at radius 2 is 1.87 bits per heavy atom. The molecule has 122 valence electrons. The van der Waals surface area contributed by atoms with Crippen LogP contribution >= 0.6 is 0 Å². The molecule has 1 unspecified atom stereocenters. The smallest absolute Gasteiger partial charge is 0.242 e. The van der Waals surface area contributed by atoms with E-state index in [1.807, 2.05) is 42.5 Å². The average Bonchev–Trinajstić information content (AvgIpc) is 2.58. The summed E-state index contributed by atoms with van der Waals surface area (Å²) >= 11 is 0. The number of carbonyl (C=O) groups excluding carboxylic acids is 2. The summed E-state index contributed by atoms with van der Waals surface area (Å²) in [6.45, 7) is 1.58. The van der Waals surface area contributed by atoms with Crippen molar-refractivity contribution >= 4 is 22.6 Å². The number of fused-ring (bicyclic) bond motifs is 1. The van der Waals surface area contributed by atoms with E-state index < -0.39 is 0 Å². The Morgan fingerprint density at radius 1 is 1.17 bits per heavy atom. The second-order valence-corrected chi connectivity index (χ2v) is 5.63. The van der Waals surface area contributed by atoms with Crippen molar-refractivity contribution in [2.75, 3.05) is 20.2 Å². The summed E-state index contributed by atoms with van der Waals surface area (Å²) < 4.78 is 0. The number of nitrogens with zero attached hydrogens (tertiary/aromatic N) is 1. The molecule has 1 atom stereocenters. The Balaban J connectivity index is 1.96. The molecule has 0 saturated heterocycles. The van der Waals surface area contributed by atoms with Crippen molar-refractivity contribution in [1.29, 1.82) is 0 Å². The van der Waals surface area contributed by atoms with Gasteiger partial charge in [0.2, 0.25) is 11.8 Å². The van der Waals surface area contributed by atoms with Gasteiger partial charge in [-0.2, -0.15) is 0 Å². The number of nitrogens with one attached hydrogen (secondary N) is 1. The molecule has 0 spiro atoms. The molecule has 5 heteroatoms. The van der Waals surface area contributed by atoms with E-state index in [1.54, 1.807) is 14.0 Å². The largest absolute Gasteiger partial charge is 0.394 e. The van der Waals surface area contributed by atoms with Gasteiger partial charge in [0.15, 0.2) is 0 Å². The number of amides is 2. The number of hydrogen-bond donors (Lipinski definition) is 2. The Bertz CT molecular complexity index is 694. The lowest BCUT2D eigenvalue weighted by Crippen LogP contribution is -2.43. The Hall–Kier alpha value is -2.40. The predicted molar refractivity (Wildman–Crippen MR) is 90.0 cm³/mol. The second kappa shape index (κ2) is 7.74. The Labute approximate surface area is 135 Å². The van der Waals surface area contributed by atoms with Crippen molar-refractivity contribution in [2.24, 2.45) is 0 Å². The third kappa shape index (κ3) is 4.29. The summed E-state index contributed by atoms with van der Waals surface area (Å²) in [4.78, 5) is 25.4. The first-order chi connectivity index (χ1) is 11.0. The van der Waals surface area contributed by atoms with Crippen molar-refractivity contribution in [2.45, 2.75) is 19.4 Å². The highest BCUT2D eigenvalue weighted by atomic mass is 16.3. The van der Waals surface area contributed by atoms with Gasteiger partial charge in [-0.15, -0.1) is 0 Å². The minimum atomic E-state index is -0.266. The van der Waals surface area contributed by atoms with Gasteiger partial charge in [-0.25, -0.2) is 0 Å². The quantitative estimate of drug-likeness (QED) is 0.845. The van der Waals surface area contributed by atoms with Gasteiger partial charge in [0.1, 0.15) is 0 Å². The average molecular weight is 314 g/mol. The minimum absolute atomic E-state index is 0.0650. The highest BCUT2D eigenvalue weighted by Gasteiger charge is 2.15. The van der Waals surface area contributed by atoms with Crippen LogP contribution in [0.3, 0.4) is 0 Å². The van der Waals surface area contributed by atoms with Gasteiger partial charge in [0.05, 0.1) is 25.6 Å². The van der Waals surface area contributed by atoms with E-state index in [4.69, 9.17) is 5.11 Å². The van der Waals surface area contributed by atoms with Crippen LogP contribution in [0.2, 0.25) is 0 Å². The van der Waals surface area contributed by atoms with Crippen LogP contribution in [0.25, 0.3) is 10.8 Å². The number of rotatable bonds is 6. The molecule has 2 rings (SSSR count). The number of aliphatic hydroxyl groups is 1. The molecule has 0 bridgehead atoms. The fourth-order valence-corrected chi connectivity index (χ4v) is 2.35. The normalized spacial score (nSPS) is 12.0. The van der Waals surface area contributed by atoms with E-state index in [2.05, 4.69) is 5.32 Å². The van der Waals surface area contributed by atoms with Crippen LogP contribution in [-0.4, -0.2) is 48.1 Å². The molecule has 2 aromatic carbocycles. The molecule has 0 aliphatic carbocycles. The summed E-state index contributed by atoms with van der Waals surface area (Å²) in [6.07, 6.45) is 0.230. The summed E-state index contributed by atoms with van der Waals surface area (Å²) in [6, 6.07) is 13.5. The molecule has 0 fully saturated rings. The van der Waals surface area contributed by atoms with Crippen LogP contribution in [-0.2, 0) is 16.0 Å². The molecule has 0 heterocycles. The zero-order chi connectivity index (χ0) is 16.8. The highest BCUT2D eigenvalue weighted by Crippen LogP contribution is 2.18. The fraction of sp³-hybridized carbons (Fsp3) is 0.333. The number of aliphatic hydroxyl groups excluding tert-OH is 1. The molecule has 0 radical (unpaired) electrons. The number of likely N-dealkylation sites (N-methyl/N-ethyl adjacent to an activating group) is 1. The maximum absolute atomic E-state index is 12.1. The van der Waals surface area contributed by atoms with Crippen molar-refractivity contribution in [1.82, 2.24) is 10.2 Å². The molecule has 0 aliphatic rings. The van der Waals surface area contributed by atoms with Crippen LogP contribution in [0.1, 0.15) is 12.5 Å². The number of carbonyl (C=O) groups is 2. The molecule has 23 heavy (non-hydrogen) atoms. The molecular formula is C18H22N2O3. The third-order valence-electron chi connectivity index (χ3n) is 3.99. The first kappa shape index (κ1) is 17.0. The zero-order valence-electron chi connectivity index (χ0n) is 13.5. The first-order valence-corrected chi connectivity index (χ1v) is 7.62. The Kier molecular flexibility index (Phi) is 5.71. The van der Waals surface area contributed by atoms with Gasteiger partial charge in [-0.1, -0.05) is 42.5 Å². The van der Waals surface area contributed by atoms with Crippen LogP contribution in [0.15, 0.2) is 42.5 Å². The van der Waals surface area contributed by atoms with E-state index in [-0.39, 0.29) is 37.4 Å². The van der Waals surface area contributed by atoms with Crippen molar-refractivity contribution in [3.8, 4) is 0 Å². The predicted octanol–water partition coefficient (Wildman–Crippen LogP) is 1.34. The molecular weight excluding hydrogens is 292 g/mol. The van der Waals surface area contributed by atoms with Gasteiger partial charge in [-0.3, -0.25) is 9.59 Å². The summed E-state index contributed by atoms with van der Waals surface area (Å²) in [5, 5.41) is 13.8. The van der Waals surface area contributed by atoms with E-state index >= 15 is 0 Å². The van der Waals surface area contributed by atoms with Crippen molar-refractivity contribution in [3.63, 3.8) is 0 Å². The molecule has 5 nitrogen and oxygen atoms in total. The lowest BCUT2D eigenvalue weighted by Gasteiger charge is -2.23. The van der Waals surface area contributed by atoms with Gasteiger partial charge in [0.25, 0.3) is 0 Å². The van der Waals surface area contributed by atoms with E-state index in [1.165, 1.54) is 4.90 Å².